The maximum Gasteiger partial charge on any atom is 0.255 e. The second-order valence-corrected chi connectivity index (χ2v) is 10.6. The van der Waals surface area contributed by atoms with Gasteiger partial charge in [-0.3, -0.25) is 4.79 Å². The van der Waals surface area contributed by atoms with Gasteiger partial charge in [-0.25, -0.2) is 16.8 Å². The molecule has 0 saturated heterocycles. The van der Waals surface area contributed by atoms with Crippen molar-refractivity contribution in [2.24, 2.45) is 0 Å². The van der Waals surface area contributed by atoms with E-state index >= 15 is 0 Å². The van der Waals surface area contributed by atoms with Crippen LogP contribution in [0.5, 0.6) is 0 Å². The zero-order valence-corrected chi connectivity index (χ0v) is 19.8. The zero-order valence-electron chi connectivity index (χ0n) is 18.2. The van der Waals surface area contributed by atoms with Crippen molar-refractivity contribution in [1.82, 2.24) is 8.61 Å². The van der Waals surface area contributed by atoms with Crippen molar-refractivity contribution in [2.75, 3.05) is 31.5 Å². The van der Waals surface area contributed by atoms with Crippen molar-refractivity contribution in [2.45, 2.75) is 37.5 Å². The van der Waals surface area contributed by atoms with Crippen LogP contribution in [-0.2, 0) is 20.0 Å². The molecule has 0 spiro atoms. The molecule has 0 aliphatic rings. The van der Waals surface area contributed by atoms with E-state index in [2.05, 4.69) is 5.32 Å². The first-order chi connectivity index (χ1) is 14.6. The molecule has 0 aliphatic heterocycles. The third-order valence-electron chi connectivity index (χ3n) is 4.89. The van der Waals surface area contributed by atoms with E-state index in [1.54, 1.807) is 27.7 Å². The molecule has 10 heteroatoms. The molecule has 0 aliphatic carbocycles. The Morgan fingerprint density at radius 2 is 1.23 bits per heavy atom. The lowest BCUT2D eigenvalue weighted by Crippen LogP contribution is -2.30. The van der Waals surface area contributed by atoms with Crippen molar-refractivity contribution in [3.63, 3.8) is 0 Å². The van der Waals surface area contributed by atoms with Crippen LogP contribution in [0.4, 0.5) is 5.69 Å². The van der Waals surface area contributed by atoms with Crippen LogP contribution < -0.4 is 5.32 Å². The molecule has 0 radical (unpaired) electrons. The molecule has 2 aromatic rings. The van der Waals surface area contributed by atoms with Gasteiger partial charge in [0.15, 0.2) is 0 Å². The highest BCUT2D eigenvalue weighted by Crippen LogP contribution is 2.20. The summed E-state index contributed by atoms with van der Waals surface area (Å²) in [7, 11) is -7.27. The maximum atomic E-state index is 12.7. The van der Waals surface area contributed by atoms with Gasteiger partial charge in [0.2, 0.25) is 20.0 Å². The summed E-state index contributed by atoms with van der Waals surface area (Å²) < 4.78 is 53.2. The molecule has 0 fully saturated rings. The zero-order chi connectivity index (χ0) is 23.2. The Kier molecular flexibility index (Phi) is 8.35. The molecule has 31 heavy (non-hydrogen) atoms. The Morgan fingerprint density at radius 3 is 1.71 bits per heavy atom. The lowest BCUT2D eigenvalue weighted by Gasteiger charge is -2.19. The molecule has 2 aromatic carbocycles. The normalized spacial score (nSPS) is 12.3. The second-order valence-electron chi connectivity index (χ2n) is 6.68. The number of nitrogens with zero attached hydrogens (tertiary/aromatic N) is 2. The number of hydrogen-bond acceptors (Lipinski definition) is 5. The van der Waals surface area contributed by atoms with E-state index < -0.39 is 26.0 Å². The highest BCUT2D eigenvalue weighted by atomic mass is 32.2. The first-order valence-corrected chi connectivity index (χ1v) is 13.0. The van der Waals surface area contributed by atoms with Gasteiger partial charge < -0.3 is 5.32 Å². The van der Waals surface area contributed by atoms with Crippen LogP contribution in [0.25, 0.3) is 0 Å². The van der Waals surface area contributed by atoms with E-state index in [4.69, 9.17) is 0 Å². The number of carbonyl (C=O) groups is 1. The Morgan fingerprint density at radius 1 is 0.742 bits per heavy atom. The quantitative estimate of drug-likeness (QED) is 0.578. The van der Waals surface area contributed by atoms with E-state index in [1.165, 1.54) is 57.1 Å². The molecule has 1 N–H and O–H groups in total. The molecule has 0 aromatic heterocycles. The van der Waals surface area contributed by atoms with E-state index in [-0.39, 0.29) is 15.4 Å². The lowest BCUT2D eigenvalue weighted by atomic mass is 10.2. The fourth-order valence-electron chi connectivity index (χ4n) is 3.14. The topological polar surface area (TPSA) is 104 Å². The predicted octanol–water partition coefficient (Wildman–Crippen LogP) is 3.00. The largest absolute Gasteiger partial charge is 0.322 e. The van der Waals surface area contributed by atoms with Gasteiger partial charge in [-0.05, 0) is 42.5 Å². The summed E-state index contributed by atoms with van der Waals surface area (Å²) >= 11 is 0. The minimum Gasteiger partial charge on any atom is -0.322 e. The van der Waals surface area contributed by atoms with Gasteiger partial charge in [0.25, 0.3) is 5.91 Å². The highest BCUT2D eigenvalue weighted by molar-refractivity contribution is 7.89. The van der Waals surface area contributed by atoms with Crippen molar-refractivity contribution in [3.8, 4) is 0 Å². The molecule has 0 saturated carbocycles. The summed E-state index contributed by atoms with van der Waals surface area (Å²) in [6, 6.07) is 11.7. The Bertz CT molecular complexity index is 1110. The fourth-order valence-corrected chi connectivity index (χ4v) is 6.10. The predicted molar refractivity (Wildman–Crippen MR) is 121 cm³/mol. The highest BCUT2D eigenvalue weighted by Gasteiger charge is 2.23. The van der Waals surface area contributed by atoms with Gasteiger partial charge >= 0.3 is 0 Å². The standard InChI is InChI=1S/C21H29N3O5S2/c1-5-23(6-2)30(26,27)19-14-12-18(13-15-19)22-21(25)17-10-9-11-20(16-17)31(28,29)24(7-3)8-4/h9-16H,5-8H2,1-4H3,(H,22,25). The van der Waals surface area contributed by atoms with E-state index in [1.807, 2.05) is 0 Å². The van der Waals surface area contributed by atoms with Gasteiger partial charge in [0.1, 0.15) is 0 Å². The molecular weight excluding hydrogens is 438 g/mol. The summed E-state index contributed by atoms with van der Waals surface area (Å²) in [5.74, 6) is -0.490. The second kappa shape index (κ2) is 10.4. The lowest BCUT2D eigenvalue weighted by molar-refractivity contribution is 0.102. The van der Waals surface area contributed by atoms with Crippen LogP contribution in [0.2, 0.25) is 0 Å². The third kappa shape index (κ3) is 5.51. The summed E-state index contributed by atoms with van der Waals surface area (Å²) in [5, 5.41) is 2.67. The number of hydrogen-bond donors (Lipinski definition) is 1. The van der Waals surface area contributed by atoms with E-state index in [9.17, 15) is 21.6 Å². The summed E-state index contributed by atoms with van der Waals surface area (Å²) in [4.78, 5) is 12.8. The van der Waals surface area contributed by atoms with Gasteiger partial charge in [-0.15, -0.1) is 0 Å². The molecule has 8 nitrogen and oxygen atoms in total. The summed E-state index contributed by atoms with van der Waals surface area (Å²) in [5.41, 5.74) is 0.591. The van der Waals surface area contributed by atoms with Crippen LogP contribution in [-0.4, -0.2) is 57.5 Å². The molecule has 2 rings (SSSR count). The van der Waals surface area contributed by atoms with Gasteiger partial charge in [0, 0.05) is 37.4 Å². The van der Waals surface area contributed by atoms with Gasteiger partial charge in [0.05, 0.1) is 9.79 Å². The molecular formula is C21H29N3O5S2. The summed E-state index contributed by atoms with van der Waals surface area (Å²) in [6.07, 6.45) is 0. The SMILES string of the molecule is CCN(CC)S(=O)(=O)c1ccc(NC(=O)c2cccc(S(=O)(=O)N(CC)CC)c2)cc1. The Labute approximate surface area is 185 Å². The minimum atomic E-state index is -3.68. The smallest absolute Gasteiger partial charge is 0.255 e. The molecule has 170 valence electrons. The minimum absolute atomic E-state index is 0.0458. The molecule has 0 unspecified atom stereocenters. The van der Waals surface area contributed by atoms with Crippen LogP contribution in [0, 0.1) is 0 Å². The van der Waals surface area contributed by atoms with Crippen LogP contribution in [0.15, 0.2) is 58.3 Å². The number of anilines is 1. The van der Waals surface area contributed by atoms with Crippen LogP contribution >= 0.6 is 0 Å². The van der Waals surface area contributed by atoms with Gasteiger partial charge in [-0.1, -0.05) is 33.8 Å². The average Bonchev–Trinajstić information content (AvgIpc) is 2.75. The van der Waals surface area contributed by atoms with E-state index in [0.29, 0.717) is 31.9 Å². The Hall–Kier alpha value is -2.27. The first-order valence-electron chi connectivity index (χ1n) is 10.1. The van der Waals surface area contributed by atoms with Crippen molar-refractivity contribution in [1.29, 1.82) is 0 Å². The van der Waals surface area contributed by atoms with E-state index in [0.717, 1.165) is 0 Å². The molecule has 0 heterocycles. The summed E-state index contributed by atoms with van der Waals surface area (Å²) in [6.45, 7) is 8.43. The first kappa shape index (κ1) is 25.0. The van der Waals surface area contributed by atoms with Gasteiger partial charge in [-0.2, -0.15) is 8.61 Å². The third-order valence-corrected chi connectivity index (χ3v) is 9.00. The Balaban J connectivity index is 2.23. The van der Waals surface area contributed by atoms with Crippen molar-refractivity contribution in [3.05, 3.63) is 54.1 Å². The molecule has 0 bridgehead atoms. The molecule has 1 amide bonds. The number of nitrogens with one attached hydrogen (secondary N) is 1. The number of carbonyl (C=O) groups excluding carboxylic acids is 1. The van der Waals surface area contributed by atoms with Crippen molar-refractivity contribution < 1.29 is 21.6 Å². The fraction of sp³-hybridized carbons (Fsp3) is 0.381. The molecule has 0 atom stereocenters. The number of rotatable bonds is 10. The van der Waals surface area contributed by atoms with Crippen LogP contribution in [0.1, 0.15) is 38.1 Å². The number of benzene rings is 2. The number of amides is 1. The van der Waals surface area contributed by atoms with Crippen molar-refractivity contribution >= 4 is 31.6 Å². The maximum absolute atomic E-state index is 12.7. The van der Waals surface area contributed by atoms with Crippen LogP contribution in [0.3, 0.4) is 0 Å². The monoisotopic (exact) mass is 467 g/mol. The number of sulfonamides is 2. The average molecular weight is 468 g/mol.